The van der Waals surface area contributed by atoms with E-state index in [1.54, 1.807) is 0 Å². The topological polar surface area (TPSA) is 12.0 Å². The van der Waals surface area contributed by atoms with E-state index in [1.807, 2.05) is 18.4 Å². The van der Waals surface area contributed by atoms with Gasteiger partial charge in [-0.2, -0.15) is 0 Å². The molecule has 0 saturated carbocycles. The lowest BCUT2D eigenvalue weighted by molar-refractivity contribution is 0.599. The van der Waals surface area contributed by atoms with E-state index in [4.69, 9.17) is 0 Å². The lowest BCUT2D eigenvalue weighted by Gasteiger charge is -2.17. The average Bonchev–Trinajstić information content (AvgIpc) is 2.82. The molecule has 0 aliphatic rings. The molecule has 0 amide bonds. The lowest BCUT2D eigenvalue weighted by Crippen LogP contribution is -2.18. The molecule has 0 bridgehead atoms. The van der Waals surface area contributed by atoms with Gasteiger partial charge in [0.25, 0.3) is 0 Å². The Balaban J connectivity index is 2.25. The minimum absolute atomic E-state index is 0.426. The van der Waals surface area contributed by atoms with E-state index in [-0.39, 0.29) is 0 Å². The molecule has 2 rings (SSSR count). The molecule has 1 aromatic carbocycles. The van der Waals surface area contributed by atoms with E-state index < -0.39 is 0 Å². The maximum absolute atomic E-state index is 3.42. The minimum atomic E-state index is 0.426. The van der Waals surface area contributed by atoms with Crippen molar-refractivity contribution in [2.24, 2.45) is 0 Å². The van der Waals surface area contributed by atoms with Crippen LogP contribution in [0.1, 0.15) is 27.6 Å². The molecule has 1 nitrogen and oxygen atoms in total. The zero-order valence-corrected chi connectivity index (χ0v) is 11.5. The summed E-state index contributed by atoms with van der Waals surface area (Å²) in [4.78, 5) is 1.41. The third-order valence-electron chi connectivity index (χ3n) is 3.29. The summed E-state index contributed by atoms with van der Waals surface area (Å²) in [5.41, 5.74) is 4.25. The molecular formula is C15H19NS. The van der Waals surface area contributed by atoms with E-state index in [2.05, 4.69) is 54.9 Å². The minimum Gasteiger partial charge on any atom is -0.312 e. The first-order valence-electron chi connectivity index (χ1n) is 5.98. The van der Waals surface area contributed by atoms with Crippen molar-refractivity contribution in [3.8, 4) is 0 Å². The zero-order chi connectivity index (χ0) is 12.3. The molecule has 1 atom stereocenters. The van der Waals surface area contributed by atoms with Gasteiger partial charge in [0.05, 0.1) is 0 Å². The molecule has 0 spiro atoms. The predicted molar refractivity (Wildman–Crippen MR) is 75.7 cm³/mol. The summed E-state index contributed by atoms with van der Waals surface area (Å²) in [6.45, 7) is 4.40. The second-order valence-corrected chi connectivity index (χ2v) is 5.41. The largest absolute Gasteiger partial charge is 0.312 e. The number of aryl methyl sites for hydroxylation is 2. The summed E-state index contributed by atoms with van der Waals surface area (Å²) in [5, 5.41) is 5.56. The highest BCUT2D eigenvalue weighted by atomic mass is 32.1. The quantitative estimate of drug-likeness (QED) is 0.862. The maximum atomic E-state index is 3.42. The van der Waals surface area contributed by atoms with Crippen molar-refractivity contribution in [1.29, 1.82) is 0 Å². The highest BCUT2D eigenvalue weighted by Gasteiger charge is 2.13. The average molecular weight is 245 g/mol. The smallest absolute Gasteiger partial charge is 0.0453 e. The maximum Gasteiger partial charge on any atom is 0.0453 e. The van der Waals surface area contributed by atoms with E-state index in [9.17, 15) is 0 Å². The van der Waals surface area contributed by atoms with Crippen LogP contribution in [0.3, 0.4) is 0 Å². The van der Waals surface area contributed by atoms with Crippen LogP contribution in [0.5, 0.6) is 0 Å². The first kappa shape index (κ1) is 12.3. The molecule has 0 aliphatic carbocycles. The van der Waals surface area contributed by atoms with Gasteiger partial charge < -0.3 is 5.32 Å². The molecule has 2 heteroatoms. The summed E-state index contributed by atoms with van der Waals surface area (Å²) in [5.74, 6) is 0. The zero-order valence-electron chi connectivity index (χ0n) is 10.7. The summed E-state index contributed by atoms with van der Waals surface area (Å²) >= 11 is 1.82. The van der Waals surface area contributed by atoms with Gasteiger partial charge in [-0.3, -0.25) is 0 Å². The van der Waals surface area contributed by atoms with Crippen molar-refractivity contribution in [3.05, 3.63) is 57.3 Å². The number of hydrogen-bond acceptors (Lipinski definition) is 2. The molecule has 0 radical (unpaired) electrons. The van der Waals surface area contributed by atoms with Gasteiger partial charge in [-0.15, -0.1) is 11.3 Å². The van der Waals surface area contributed by atoms with E-state index >= 15 is 0 Å². The normalized spacial score (nSPS) is 12.6. The first-order chi connectivity index (χ1) is 8.22. The van der Waals surface area contributed by atoms with Gasteiger partial charge in [-0.1, -0.05) is 24.3 Å². The van der Waals surface area contributed by atoms with Crippen LogP contribution in [0.15, 0.2) is 35.7 Å². The van der Waals surface area contributed by atoms with Crippen LogP contribution < -0.4 is 5.32 Å². The van der Waals surface area contributed by atoms with Gasteiger partial charge in [-0.05, 0) is 55.5 Å². The lowest BCUT2D eigenvalue weighted by atomic mass is 9.96. The molecule has 1 N–H and O–H groups in total. The number of likely N-dealkylation sites (N-methyl/N-ethyl adjacent to an activating group) is 1. The van der Waals surface area contributed by atoms with E-state index in [0.717, 1.165) is 6.42 Å². The number of benzene rings is 1. The van der Waals surface area contributed by atoms with Crippen LogP contribution in [0.25, 0.3) is 0 Å². The fraction of sp³-hybridized carbons (Fsp3) is 0.333. The van der Waals surface area contributed by atoms with E-state index in [1.165, 1.54) is 21.6 Å². The molecule has 17 heavy (non-hydrogen) atoms. The highest BCUT2D eigenvalue weighted by molar-refractivity contribution is 7.10. The van der Waals surface area contributed by atoms with Crippen LogP contribution in [0.4, 0.5) is 0 Å². The Morgan fingerprint density at radius 3 is 2.35 bits per heavy atom. The van der Waals surface area contributed by atoms with Crippen LogP contribution >= 0.6 is 11.3 Å². The second kappa shape index (κ2) is 5.48. The first-order valence-corrected chi connectivity index (χ1v) is 6.86. The standard InChI is InChI=1S/C15H19NS/c1-11-6-4-7-12(2)13(11)10-14(16-3)15-8-5-9-17-15/h4-9,14,16H,10H2,1-3H3. The Hall–Kier alpha value is -1.12. The van der Waals surface area contributed by atoms with Crippen LogP contribution in [0.2, 0.25) is 0 Å². The molecule has 1 unspecified atom stereocenters. The molecule has 2 aromatic rings. The van der Waals surface area contributed by atoms with Crippen molar-refractivity contribution in [3.63, 3.8) is 0 Å². The Labute approximate surface area is 108 Å². The Bertz CT molecular complexity index is 453. The Kier molecular flexibility index (Phi) is 3.97. The van der Waals surface area contributed by atoms with Gasteiger partial charge in [0.15, 0.2) is 0 Å². The van der Waals surface area contributed by atoms with Crippen molar-refractivity contribution in [1.82, 2.24) is 5.32 Å². The van der Waals surface area contributed by atoms with Crippen molar-refractivity contribution in [2.75, 3.05) is 7.05 Å². The number of thiophene rings is 1. The van der Waals surface area contributed by atoms with Gasteiger partial charge in [0.2, 0.25) is 0 Å². The molecule has 90 valence electrons. The summed E-state index contributed by atoms with van der Waals surface area (Å²) < 4.78 is 0. The summed E-state index contributed by atoms with van der Waals surface area (Å²) in [7, 11) is 2.04. The van der Waals surface area contributed by atoms with Crippen molar-refractivity contribution in [2.45, 2.75) is 26.3 Å². The number of nitrogens with one attached hydrogen (secondary N) is 1. The van der Waals surface area contributed by atoms with Gasteiger partial charge in [-0.25, -0.2) is 0 Å². The molecule has 0 fully saturated rings. The molecule has 1 aromatic heterocycles. The van der Waals surface area contributed by atoms with Gasteiger partial charge in [0.1, 0.15) is 0 Å². The SMILES string of the molecule is CNC(Cc1c(C)cccc1C)c1cccs1. The molecule has 0 saturated heterocycles. The fourth-order valence-corrected chi connectivity index (χ4v) is 3.05. The third kappa shape index (κ3) is 2.76. The van der Waals surface area contributed by atoms with Crippen molar-refractivity contribution >= 4 is 11.3 Å². The van der Waals surface area contributed by atoms with E-state index in [0.29, 0.717) is 6.04 Å². The van der Waals surface area contributed by atoms with Gasteiger partial charge in [0, 0.05) is 10.9 Å². The summed E-state index contributed by atoms with van der Waals surface area (Å²) in [6, 6.07) is 11.3. The van der Waals surface area contributed by atoms with Crippen LogP contribution in [0, 0.1) is 13.8 Å². The Morgan fingerprint density at radius 1 is 1.12 bits per heavy atom. The summed E-state index contributed by atoms with van der Waals surface area (Å²) in [6.07, 6.45) is 1.06. The van der Waals surface area contributed by atoms with Crippen molar-refractivity contribution < 1.29 is 0 Å². The fourth-order valence-electron chi connectivity index (χ4n) is 2.21. The molecular weight excluding hydrogens is 226 g/mol. The monoisotopic (exact) mass is 245 g/mol. The molecule has 1 heterocycles. The van der Waals surface area contributed by atoms with Gasteiger partial charge >= 0.3 is 0 Å². The number of hydrogen-bond donors (Lipinski definition) is 1. The number of rotatable bonds is 4. The van der Waals surface area contributed by atoms with Crippen LogP contribution in [-0.4, -0.2) is 7.05 Å². The predicted octanol–water partition coefficient (Wildman–Crippen LogP) is 3.87. The third-order valence-corrected chi connectivity index (χ3v) is 4.27. The van der Waals surface area contributed by atoms with Crippen LogP contribution in [-0.2, 0) is 6.42 Å². The molecule has 0 aliphatic heterocycles. The highest BCUT2D eigenvalue weighted by Crippen LogP contribution is 2.25. The Morgan fingerprint density at radius 2 is 1.82 bits per heavy atom. The second-order valence-electron chi connectivity index (χ2n) is 4.43.